The Balaban J connectivity index is 2.04. The number of aromatic nitrogens is 2. The number of hydrogen-bond acceptors (Lipinski definition) is 4. The van der Waals surface area contributed by atoms with E-state index in [2.05, 4.69) is 16.9 Å². The molecule has 5 nitrogen and oxygen atoms in total. The van der Waals surface area contributed by atoms with Crippen LogP contribution in [0.3, 0.4) is 0 Å². The first-order valence-electron chi connectivity index (χ1n) is 5.66. The zero-order valence-electron chi connectivity index (χ0n) is 9.40. The van der Waals surface area contributed by atoms with Crippen molar-refractivity contribution < 1.29 is 4.74 Å². The van der Waals surface area contributed by atoms with Crippen LogP contribution in [0.1, 0.15) is 32.6 Å². The molecule has 1 fully saturated rings. The Morgan fingerprint density at radius 2 is 2.12 bits per heavy atom. The Bertz CT molecular complexity index is 408. The number of nitrogens with two attached hydrogens (primary N) is 1. The quantitative estimate of drug-likeness (QED) is 0.792. The molecule has 1 aromatic rings. The van der Waals surface area contributed by atoms with E-state index in [-0.39, 0.29) is 23.2 Å². The molecule has 1 aliphatic rings. The highest BCUT2D eigenvalue weighted by Gasteiger charge is 2.21. The molecule has 0 amide bonds. The van der Waals surface area contributed by atoms with Gasteiger partial charge in [-0.05, 0) is 31.6 Å². The van der Waals surface area contributed by atoms with Crippen molar-refractivity contribution in [3.63, 3.8) is 0 Å². The molecule has 0 bridgehead atoms. The second-order valence-corrected chi connectivity index (χ2v) is 4.45. The minimum atomic E-state index is -0.339. The summed E-state index contributed by atoms with van der Waals surface area (Å²) in [5.74, 6) is 1.03. The third kappa shape index (κ3) is 2.35. The average Bonchev–Trinajstić information content (AvgIpc) is 2.28. The van der Waals surface area contributed by atoms with E-state index in [0.717, 1.165) is 31.6 Å². The summed E-state index contributed by atoms with van der Waals surface area (Å²) in [6.45, 7) is 2.25. The lowest BCUT2D eigenvalue weighted by Crippen LogP contribution is -2.25. The standard InChI is InChI=1S/C11H17N3O2/c1-7-2-4-8(5-3-7)16-11-9(12)10(15)13-6-14-11/h6-8H,2-5,12H2,1H3,(H,13,14,15). The van der Waals surface area contributed by atoms with Gasteiger partial charge in [-0.1, -0.05) is 6.92 Å². The number of nitrogens with one attached hydrogen (secondary N) is 1. The predicted octanol–water partition coefficient (Wildman–Crippen LogP) is 1.31. The van der Waals surface area contributed by atoms with E-state index in [1.807, 2.05) is 0 Å². The summed E-state index contributed by atoms with van der Waals surface area (Å²) in [5.41, 5.74) is 5.33. The third-order valence-corrected chi connectivity index (χ3v) is 3.09. The molecule has 1 aliphatic carbocycles. The van der Waals surface area contributed by atoms with Gasteiger partial charge in [-0.3, -0.25) is 4.79 Å². The lowest BCUT2D eigenvalue weighted by molar-refractivity contribution is 0.131. The largest absolute Gasteiger partial charge is 0.473 e. The summed E-state index contributed by atoms with van der Waals surface area (Å²) < 4.78 is 5.66. The SMILES string of the molecule is CC1CCC(Oc2nc[nH]c(=O)c2N)CC1. The summed E-state index contributed by atoms with van der Waals surface area (Å²) in [7, 11) is 0. The summed E-state index contributed by atoms with van der Waals surface area (Å²) in [6.07, 6.45) is 5.80. The fraction of sp³-hybridized carbons (Fsp3) is 0.636. The smallest absolute Gasteiger partial charge is 0.277 e. The number of aromatic amines is 1. The van der Waals surface area contributed by atoms with Crippen molar-refractivity contribution in [3.05, 3.63) is 16.7 Å². The Morgan fingerprint density at radius 1 is 1.44 bits per heavy atom. The molecule has 0 spiro atoms. The Kier molecular flexibility index (Phi) is 3.12. The topological polar surface area (TPSA) is 81.0 Å². The first-order chi connectivity index (χ1) is 7.66. The Labute approximate surface area is 94.0 Å². The maximum atomic E-state index is 11.2. The zero-order chi connectivity index (χ0) is 11.5. The van der Waals surface area contributed by atoms with Crippen molar-refractivity contribution >= 4 is 5.69 Å². The molecule has 0 atom stereocenters. The zero-order valence-corrected chi connectivity index (χ0v) is 9.40. The molecule has 1 saturated carbocycles. The number of nitrogens with zero attached hydrogens (tertiary/aromatic N) is 1. The summed E-state index contributed by atoms with van der Waals surface area (Å²) in [5, 5.41) is 0. The van der Waals surface area contributed by atoms with E-state index in [4.69, 9.17) is 10.5 Å². The van der Waals surface area contributed by atoms with E-state index >= 15 is 0 Å². The number of hydrogen-bond donors (Lipinski definition) is 2. The number of ether oxygens (including phenoxy) is 1. The van der Waals surface area contributed by atoms with Gasteiger partial charge in [0.25, 0.3) is 5.56 Å². The molecule has 3 N–H and O–H groups in total. The van der Waals surface area contributed by atoms with Crippen molar-refractivity contribution in [1.29, 1.82) is 0 Å². The summed E-state index contributed by atoms with van der Waals surface area (Å²) >= 11 is 0. The lowest BCUT2D eigenvalue weighted by Gasteiger charge is -2.26. The fourth-order valence-electron chi connectivity index (χ4n) is 1.99. The van der Waals surface area contributed by atoms with Crippen LogP contribution in [0.5, 0.6) is 5.88 Å². The molecule has 1 aromatic heterocycles. The van der Waals surface area contributed by atoms with E-state index in [1.54, 1.807) is 0 Å². The van der Waals surface area contributed by atoms with Crippen molar-refractivity contribution in [2.75, 3.05) is 5.73 Å². The monoisotopic (exact) mass is 223 g/mol. The molecule has 5 heteroatoms. The van der Waals surface area contributed by atoms with Crippen LogP contribution in [0.4, 0.5) is 5.69 Å². The molecule has 1 heterocycles. The molecule has 0 aromatic carbocycles. The Morgan fingerprint density at radius 3 is 2.81 bits per heavy atom. The van der Waals surface area contributed by atoms with Gasteiger partial charge in [0.15, 0.2) is 5.69 Å². The van der Waals surface area contributed by atoms with Crippen molar-refractivity contribution in [2.24, 2.45) is 5.92 Å². The molecule has 0 radical (unpaired) electrons. The second-order valence-electron chi connectivity index (χ2n) is 4.45. The van der Waals surface area contributed by atoms with Crippen molar-refractivity contribution in [2.45, 2.75) is 38.7 Å². The minimum absolute atomic E-state index is 0.0705. The number of anilines is 1. The molecule has 88 valence electrons. The van der Waals surface area contributed by atoms with Gasteiger partial charge in [0.05, 0.1) is 6.33 Å². The Hall–Kier alpha value is -1.52. The van der Waals surface area contributed by atoms with Crippen LogP contribution >= 0.6 is 0 Å². The second kappa shape index (κ2) is 4.55. The van der Waals surface area contributed by atoms with Crippen LogP contribution in [-0.4, -0.2) is 16.1 Å². The van der Waals surface area contributed by atoms with Gasteiger partial charge in [0.1, 0.15) is 6.10 Å². The average molecular weight is 223 g/mol. The van der Waals surface area contributed by atoms with E-state index in [9.17, 15) is 4.79 Å². The minimum Gasteiger partial charge on any atom is -0.473 e. The number of rotatable bonds is 2. The van der Waals surface area contributed by atoms with Gasteiger partial charge in [-0.25, -0.2) is 4.98 Å². The fourth-order valence-corrected chi connectivity index (χ4v) is 1.99. The normalized spacial score (nSPS) is 25.3. The van der Waals surface area contributed by atoms with Crippen LogP contribution in [0.15, 0.2) is 11.1 Å². The van der Waals surface area contributed by atoms with Gasteiger partial charge >= 0.3 is 0 Å². The van der Waals surface area contributed by atoms with Crippen LogP contribution in [0.25, 0.3) is 0 Å². The van der Waals surface area contributed by atoms with Crippen molar-refractivity contribution in [1.82, 2.24) is 9.97 Å². The highest BCUT2D eigenvalue weighted by atomic mass is 16.5. The molecule has 0 unspecified atom stereocenters. The first kappa shape index (κ1) is 11.0. The molecule has 0 aliphatic heterocycles. The van der Waals surface area contributed by atoms with E-state index < -0.39 is 0 Å². The van der Waals surface area contributed by atoms with Gasteiger partial charge in [-0.15, -0.1) is 0 Å². The first-order valence-corrected chi connectivity index (χ1v) is 5.66. The van der Waals surface area contributed by atoms with E-state index in [1.165, 1.54) is 6.33 Å². The van der Waals surface area contributed by atoms with Crippen LogP contribution in [-0.2, 0) is 0 Å². The van der Waals surface area contributed by atoms with Crippen LogP contribution in [0, 0.1) is 5.92 Å². The van der Waals surface area contributed by atoms with Crippen LogP contribution < -0.4 is 16.0 Å². The van der Waals surface area contributed by atoms with Gasteiger partial charge in [0, 0.05) is 0 Å². The van der Waals surface area contributed by atoms with Gasteiger partial charge < -0.3 is 15.5 Å². The summed E-state index contributed by atoms with van der Waals surface area (Å²) in [4.78, 5) is 17.6. The third-order valence-electron chi connectivity index (χ3n) is 3.09. The van der Waals surface area contributed by atoms with Gasteiger partial charge in [-0.2, -0.15) is 0 Å². The maximum absolute atomic E-state index is 11.2. The maximum Gasteiger partial charge on any atom is 0.277 e. The summed E-state index contributed by atoms with van der Waals surface area (Å²) in [6, 6.07) is 0. The van der Waals surface area contributed by atoms with Crippen molar-refractivity contribution in [3.8, 4) is 5.88 Å². The molecular formula is C11H17N3O2. The van der Waals surface area contributed by atoms with E-state index in [0.29, 0.717) is 0 Å². The molecule has 2 rings (SSSR count). The highest BCUT2D eigenvalue weighted by molar-refractivity contribution is 5.44. The highest BCUT2D eigenvalue weighted by Crippen LogP contribution is 2.27. The number of nitrogen functional groups attached to an aromatic ring is 1. The molecular weight excluding hydrogens is 206 g/mol. The predicted molar refractivity (Wildman–Crippen MR) is 61.3 cm³/mol. The number of H-pyrrole nitrogens is 1. The molecule has 0 saturated heterocycles. The lowest BCUT2D eigenvalue weighted by atomic mass is 9.89. The van der Waals surface area contributed by atoms with Gasteiger partial charge in [0.2, 0.25) is 5.88 Å². The molecule has 16 heavy (non-hydrogen) atoms. The van der Waals surface area contributed by atoms with Crippen LogP contribution in [0.2, 0.25) is 0 Å².